The minimum atomic E-state index is 0.249. The van der Waals surface area contributed by atoms with Gasteiger partial charge in [0.1, 0.15) is 0 Å². The third-order valence-electron chi connectivity index (χ3n) is 2.95. The van der Waals surface area contributed by atoms with Gasteiger partial charge < -0.3 is 15.1 Å². The van der Waals surface area contributed by atoms with E-state index < -0.39 is 0 Å². The molecule has 0 atom stereocenters. The van der Waals surface area contributed by atoms with Gasteiger partial charge in [-0.2, -0.15) is 0 Å². The second kappa shape index (κ2) is 6.08. The fraction of sp³-hybridized carbons (Fsp3) is 0.909. The van der Waals surface area contributed by atoms with Gasteiger partial charge >= 0.3 is 0 Å². The van der Waals surface area contributed by atoms with Crippen LogP contribution in [0.5, 0.6) is 0 Å². The second-order valence-corrected chi connectivity index (χ2v) is 4.59. The van der Waals surface area contributed by atoms with Gasteiger partial charge in [-0.05, 0) is 40.0 Å². The number of carbonyl (C=O) groups is 1. The molecule has 0 aliphatic carbocycles. The first-order chi connectivity index (χ1) is 7.11. The first-order valence-corrected chi connectivity index (χ1v) is 5.71. The SMILES string of the molecule is CN(C)CCN(C)C(=O)C1CCNCC1. The molecule has 88 valence electrons. The van der Waals surface area contributed by atoms with Crippen molar-refractivity contribution in [1.29, 1.82) is 0 Å². The zero-order valence-electron chi connectivity index (χ0n) is 10.1. The number of hydrogen-bond acceptors (Lipinski definition) is 3. The smallest absolute Gasteiger partial charge is 0.225 e. The van der Waals surface area contributed by atoms with Crippen LogP contribution in [-0.2, 0) is 4.79 Å². The fourth-order valence-corrected chi connectivity index (χ4v) is 1.84. The van der Waals surface area contributed by atoms with Crippen molar-refractivity contribution in [3.05, 3.63) is 0 Å². The first kappa shape index (κ1) is 12.5. The highest BCUT2D eigenvalue weighted by Crippen LogP contribution is 2.14. The standard InChI is InChI=1S/C11H23N3O/c1-13(2)8-9-14(3)11(15)10-4-6-12-7-5-10/h10,12H,4-9H2,1-3H3. The minimum absolute atomic E-state index is 0.249. The van der Waals surface area contributed by atoms with Crippen LogP contribution in [0.2, 0.25) is 0 Å². The molecule has 0 radical (unpaired) electrons. The number of rotatable bonds is 4. The molecule has 1 saturated heterocycles. The lowest BCUT2D eigenvalue weighted by Crippen LogP contribution is -2.41. The summed E-state index contributed by atoms with van der Waals surface area (Å²) in [6.45, 7) is 3.73. The van der Waals surface area contributed by atoms with Crippen molar-refractivity contribution in [3.8, 4) is 0 Å². The topological polar surface area (TPSA) is 35.6 Å². The number of likely N-dealkylation sites (N-methyl/N-ethyl adjacent to an activating group) is 2. The van der Waals surface area contributed by atoms with Gasteiger partial charge in [0.2, 0.25) is 5.91 Å². The number of hydrogen-bond donors (Lipinski definition) is 1. The van der Waals surface area contributed by atoms with Crippen LogP contribution in [0.1, 0.15) is 12.8 Å². The predicted molar refractivity (Wildman–Crippen MR) is 61.8 cm³/mol. The van der Waals surface area contributed by atoms with Gasteiger partial charge in [-0.1, -0.05) is 0 Å². The van der Waals surface area contributed by atoms with Crippen LogP contribution in [-0.4, -0.2) is 63.0 Å². The lowest BCUT2D eigenvalue weighted by molar-refractivity contribution is -0.135. The maximum absolute atomic E-state index is 12.0. The molecule has 0 spiro atoms. The van der Waals surface area contributed by atoms with Crippen LogP contribution in [0.25, 0.3) is 0 Å². The number of nitrogens with zero attached hydrogens (tertiary/aromatic N) is 2. The maximum atomic E-state index is 12.0. The third kappa shape index (κ3) is 4.18. The van der Waals surface area contributed by atoms with Crippen molar-refractivity contribution < 1.29 is 4.79 Å². The Morgan fingerprint density at radius 3 is 2.33 bits per heavy atom. The molecule has 0 aromatic heterocycles. The van der Waals surface area contributed by atoms with Gasteiger partial charge in [-0.25, -0.2) is 0 Å². The zero-order valence-corrected chi connectivity index (χ0v) is 10.1. The monoisotopic (exact) mass is 213 g/mol. The quantitative estimate of drug-likeness (QED) is 0.714. The number of nitrogens with one attached hydrogen (secondary N) is 1. The normalized spacial score (nSPS) is 18.1. The molecule has 0 unspecified atom stereocenters. The molecular weight excluding hydrogens is 190 g/mol. The highest BCUT2D eigenvalue weighted by Gasteiger charge is 2.23. The Labute approximate surface area is 92.6 Å². The molecule has 0 aromatic rings. The van der Waals surface area contributed by atoms with E-state index in [0.29, 0.717) is 5.91 Å². The number of carbonyl (C=O) groups excluding carboxylic acids is 1. The van der Waals surface area contributed by atoms with E-state index in [0.717, 1.165) is 39.0 Å². The Hall–Kier alpha value is -0.610. The van der Waals surface area contributed by atoms with Gasteiger partial charge in [0, 0.05) is 26.1 Å². The second-order valence-electron chi connectivity index (χ2n) is 4.59. The van der Waals surface area contributed by atoms with Crippen molar-refractivity contribution in [2.75, 3.05) is 47.3 Å². The third-order valence-corrected chi connectivity index (χ3v) is 2.95. The molecule has 1 aliphatic heterocycles. The average Bonchev–Trinajstić information content (AvgIpc) is 2.26. The Bertz CT molecular complexity index is 200. The van der Waals surface area contributed by atoms with Crippen LogP contribution >= 0.6 is 0 Å². The molecule has 4 heteroatoms. The Morgan fingerprint density at radius 1 is 1.20 bits per heavy atom. The molecular formula is C11H23N3O. The summed E-state index contributed by atoms with van der Waals surface area (Å²) >= 11 is 0. The van der Waals surface area contributed by atoms with Crippen molar-refractivity contribution in [1.82, 2.24) is 15.1 Å². The van der Waals surface area contributed by atoms with Gasteiger partial charge in [0.15, 0.2) is 0 Å². The highest BCUT2D eigenvalue weighted by atomic mass is 16.2. The summed E-state index contributed by atoms with van der Waals surface area (Å²) < 4.78 is 0. The van der Waals surface area contributed by atoms with E-state index in [2.05, 4.69) is 10.2 Å². The van der Waals surface area contributed by atoms with Gasteiger partial charge in [-0.3, -0.25) is 4.79 Å². The molecule has 0 saturated carbocycles. The molecule has 1 heterocycles. The highest BCUT2D eigenvalue weighted by molar-refractivity contribution is 5.78. The van der Waals surface area contributed by atoms with Crippen LogP contribution in [0.3, 0.4) is 0 Å². The summed E-state index contributed by atoms with van der Waals surface area (Å²) in [5.41, 5.74) is 0. The van der Waals surface area contributed by atoms with E-state index in [1.54, 1.807) is 0 Å². The largest absolute Gasteiger partial charge is 0.344 e. The Balaban J connectivity index is 2.30. The van der Waals surface area contributed by atoms with Crippen LogP contribution in [0.4, 0.5) is 0 Å². The molecule has 1 fully saturated rings. The Morgan fingerprint density at radius 2 is 1.80 bits per heavy atom. The van der Waals surface area contributed by atoms with Gasteiger partial charge in [0.25, 0.3) is 0 Å². The molecule has 1 N–H and O–H groups in total. The fourth-order valence-electron chi connectivity index (χ4n) is 1.84. The van der Waals surface area contributed by atoms with Crippen molar-refractivity contribution >= 4 is 5.91 Å². The summed E-state index contributed by atoms with van der Waals surface area (Å²) in [7, 11) is 5.97. The summed E-state index contributed by atoms with van der Waals surface area (Å²) in [6.07, 6.45) is 1.98. The van der Waals surface area contributed by atoms with Crippen molar-refractivity contribution in [2.24, 2.45) is 5.92 Å². The predicted octanol–water partition coefficient (Wildman–Crippen LogP) is 0.00600. The molecule has 1 amide bonds. The molecule has 0 bridgehead atoms. The van der Waals surface area contributed by atoms with Crippen LogP contribution in [0, 0.1) is 5.92 Å². The first-order valence-electron chi connectivity index (χ1n) is 5.71. The zero-order chi connectivity index (χ0) is 11.3. The lowest BCUT2D eigenvalue weighted by Gasteiger charge is -2.27. The minimum Gasteiger partial charge on any atom is -0.344 e. The van der Waals surface area contributed by atoms with E-state index in [4.69, 9.17) is 0 Å². The number of amides is 1. The molecule has 1 rings (SSSR count). The summed E-state index contributed by atoms with van der Waals surface area (Å²) in [5, 5.41) is 3.28. The van der Waals surface area contributed by atoms with Crippen LogP contribution < -0.4 is 5.32 Å². The molecule has 15 heavy (non-hydrogen) atoms. The average molecular weight is 213 g/mol. The summed E-state index contributed by atoms with van der Waals surface area (Å²) in [5.74, 6) is 0.566. The van der Waals surface area contributed by atoms with Crippen LogP contribution in [0.15, 0.2) is 0 Å². The van der Waals surface area contributed by atoms with E-state index in [1.165, 1.54) is 0 Å². The molecule has 4 nitrogen and oxygen atoms in total. The summed E-state index contributed by atoms with van der Waals surface area (Å²) in [6, 6.07) is 0. The lowest BCUT2D eigenvalue weighted by atomic mass is 9.97. The molecule has 0 aromatic carbocycles. The van der Waals surface area contributed by atoms with E-state index >= 15 is 0 Å². The van der Waals surface area contributed by atoms with Crippen molar-refractivity contribution in [2.45, 2.75) is 12.8 Å². The molecule has 1 aliphatic rings. The van der Waals surface area contributed by atoms with Gasteiger partial charge in [-0.15, -0.1) is 0 Å². The Kier molecular flexibility index (Phi) is 5.05. The van der Waals surface area contributed by atoms with E-state index in [-0.39, 0.29) is 5.92 Å². The van der Waals surface area contributed by atoms with E-state index in [9.17, 15) is 4.79 Å². The maximum Gasteiger partial charge on any atom is 0.225 e. The number of piperidine rings is 1. The van der Waals surface area contributed by atoms with E-state index in [1.807, 2.05) is 26.0 Å². The van der Waals surface area contributed by atoms with Gasteiger partial charge in [0.05, 0.1) is 0 Å². The summed E-state index contributed by atoms with van der Waals surface area (Å²) in [4.78, 5) is 16.0. The van der Waals surface area contributed by atoms with Crippen molar-refractivity contribution in [3.63, 3.8) is 0 Å².